The fraction of sp³-hybridized carbons (Fsp3) is 0.533. The van der Waals surface area contributed by atoms with Gasteiger partial charge in [-0.05, 0) is 33.3 Å². The molecule has 0 radical (unpaired) electrons. The highest BCUT2D eigenvalue weighted by molar-refractivity contribution is 5.92. The first-order chi connectivity index (χ1) is 10.1. The summed E-state index contributed by atoms with van der Waals surface area (Å²) in [6.07, 6.45) is 2.79. The van der Waals surface area contributed by atoms with Crippen molar-refractivity contribution in [3.05, 3.63) is 35.2 Å². The summed E-state index contributed by atoms with van der Waals surface area (Å²) in [6.45, 7) is 8.26. The van der Waals surface area contributed by atoms with Crippen LogP contribution in [-0.2, 0) is 6.54 Å². The Morgan fingerprint density at radius 3 is 2.90 bits per heavy atom. The van der Waals surface area contributed by atoms with Crippen LogP contribution in [0.25, 0.3) is 0 Å². The molecule has 3 heterocycles. The van der Waals surface area contributed by atoms with Crippen LogP contribution >= 0.6 is 0 Å². The number of likely N-dealkylation sites (tertiary alicyclic amines) is 1. The first-order valence-electron chi connectivity index (χ1n) is 7.43. The van der Waals surface area contributed by atoms with Crippen molar-refractivity contribution in [3.8, 4) is 0 Å². The number of aromatic amines is 1. The quantitative estimate of drug-likeness (QED) is 0.937. The highest BCUT2D eigenvalue weighted by Crippen LogP contribution is 2.26. The van der Waals surface area contributed by atoms with Crippen LogP contribution in [-0.4, -0.2) is 43.6 Å². The Bertz CT molecular complexity index is 657. The highest BCUT2D eigenvalue weighted by atomic mass is 16.2. The third-order valence-electron chi connectivity index (χ3n) is 4.08. The van der Waals surface area contributed by atoms with Crippen LogP contribution in [0.1, 0.15) is 47.0 Å². The molecule has 0 bridgehead atoms. The van der Waals surface area contributed by atoms with Crippen molar-refractivity contribution >= 4 is 5.91 Å². The smallest absolute Gasteiger partial charge is 0.274 e. The summed E-state index contributed by atoms with van der Waals surface area (Å²) in [5.41, 5.74) is 2.64. The van der Waals surface area contributed by atoms with E-state index in [1.807, 2.05) is 42.6 Å². The highest BCUT2D eigenvalue weighted by Gasteiger charge is 2.30. The van der Waals surface area contributed by atoms with E-state index in [-0.39, 0.29) is 5.91 Å². The maximum absolute atomic E-state index is 12.5. The lowest BCUT2D eigenvalue weighted by atomic mass is 10.1. The van der Waals surface area contributed by atoms with E-state index in [4.69, 9.17) is 0 Å². The fourth-order valence-electron chi connectivity index (χ4n) is 2.91. The topological polar surface area (TPSA) is 66.8 Å². The van der Waals surface area contributed by atoms with Gasteiger partial charge in [-0.3, -0.25) is 9.48 Å². The molecule has 1 atom stereocenters. The van der Waals surface area contributed by atoms with Gasteiger partial charge in [0, 0.05) is 43.1 Å². The van der Waals surface area contributed by atoms with Crippen molar-refractivity contribution in [2.24, 2.45) is 0 Å². The zero-order valence-corrected chi connectivity index (χ0v) is 12.8. The minimum absolute atomic E-state index is 0.0241. The number of hydrogen-bond acceptors (Lipinski definition) is 3. The van der Waals surface area contributed by atoms with E-state index in [9.17, 15) is 4.79 Å². The molecule has 1 amide bonds. The number of hydrogen-bond donors (Lipinski definition) is 1. The maximum Gasteiger partial charge on any atom is 0.274 e. The lowest BCUT2D eigenvalue weighted by Gasteiger charge is -2.14. The second kappa shape index (κ2) is 5.35. The average molecular weight is 287 g/mol. The average Bonchev–Trinajstić information content (AvgIpc) is 3.16. The first kappa shape index (κ1) is 13.9. The molecule has 1 aliphatic heterocycles. The summed E-state index contributed by atoms with van der Waals surface area (Å²) >= 11 is 0. The summed E-state index contributed by atoms with van der Waals surface area (Å²) in [7, 11) is 0. The Labute approximate surface area is 124 Å². The largest absolute Gasteiger partial charge is 0.346 e. The van der Waals surface area contributed by atoms with Gasteiger partial charge in [0.25, 0.3) is 5.91 Å². The number of imidazole rings is 1. The second-order valence-corrected chi connectivity index (χ2v) is 5.67. The maximum atomic E-state index is 12.5. The van der Waals surface area contributed by atoms with Crippen molar-refractivity contribution in [2.75, 3.05) is 13.1 Å². The van der Waals surface area contributed by atoms with Crippen LogP contribution in [0.15, 0.2) is 12.3 Å². The number of rotatable bonds is 3. The van der Waals surface area contributed by atoms with E-state index in [2.05, 4.69) is 15.1 Å². The lowest BCUT2D eigenvalue weighted by Crippen LogP contribution is -2.29. The molecule has 6 heteroatoms. The summed E-state index contributed by atoms with van der Waals surface area (Å²) < 4.78 is 1.86. The van der Waals surface area contributed by atoms with Crippen LogP contribution in [0.2, 0.25) is 0 Å². The van der Waals surface area contributed by atoms with Crippen molar-refractivity contribution < 1.29 is 4.79 Å². The van der Waals surface area contributed by atoms with Crippen LogP contribution in [0.4, 0.5) is 0 Å². The molecule has 2 aromatic rings. The van der Waals surface area contributed by atoms with Gasteiger partial charge in [-0.1, -0.05) is 0 Å². The summed E-state index contributed by atoms with van der Waals surface area (Å²) in [6, 6.07) is 1.87. The molecule has 0 aromatic carbocycles. The number of nitrogens with one attached hydrogen (secondary N) is 1. The van der Waals surface area contributed by atoms with Gasteiger partial charge in [-0.15, -0.1) is 0 Å². The molecule has 1 saturated heterocycles. The molecule has 0 aliphatic carbocycles. The van der Waals surface area contributed by atoms with E-state index in [1.54, 1.807) is 0 Å². The molecule has 1 fully saturated rings. The predicted molar refractivity (Wildman–Crippen MR) is 79.2 cm³/mol. The van der Waals surface area contributed by atoms with Crippen LogP contribution in [0.5, 0.6) is 0 Å². The lowest BCUT2D eigenvalue weighted by molar-refractivity contribution is 0.0784. The van der Waals surface area contributed by atoms with Crippen molar-refractivity contribution in [1.82, 2.24) is 24.6 Å². The zero-order chi connectivity index (χ0) is 15.0. The molecular weight excluding hydrogens is 266 g/mol. The van der Waals surface area contributed by atoms with Crippen molar-refractivity contribution in [1.29, 1.82) is 0 Å². The minimum atomic E-state index is 0.0241. The predicted octanol–water partition coefficient (Wildman–Crippen LogP) is 1.87. The van der Waals surface area contributed by atoms with Gasteiger partial charge in [-0.25, -0.2) is 4.98 Å². The summed E-state index contributed by atoms with van der Waals surface area (Å²) in [5, 5.41) is 4.38. The SMILES string of the molecule is CCn1nc(C(=O)N2CC[C@H](c3ncc(C)[nH]3)C2)cc1C. The number of H-pyrrole nitrogens is 1. The van der Waals surface area contributed by atoms with Gasteiger partial charge in [-0.2, -0.15) is 5.10 Å². The standard InChI is InChI=1S/C15H21N5O/c1-4-20-11(3)7-13(18-20)15(21)19-6-5-12(9-19)14-16-8-10(2)17-14/h7-8,12H,4-6,9H2,1-3H3,(H,16,17)/t12-/m0/s1. The molecule has 21 heavy (non-hydrogen) atoms. The third kappa shape index (κ3) is 2.57. The van der Waals surface area contributed by atoms with Gasteiger partial charge in [0.2, 0.25) is 0 Å². The van der Waals surface area contributed by atoms with E-state index in [0.29, 0.717) is 18.2 Å². The Morgan fingerprint density at radius 2 is 2.29 bits per heavy atom. The Kier molecular flexibility index (Phi) is 3.53. The number of aromatic nitrogens is 4. The van der Waals surface area contributed by atoms with Gasteiger partial charge >= 0.3 is 0 Å². The molecule has 0 saturated carbocycles. The molecule has 2 aromatic heterocycles. The summed E-state index contributed by atoms with van der Waals surface area (Å²) in [4.78, 5) is 22.1. The Morgan fingerprint density at radius 1 is 1.48 bits per heavy atom. The van der Waals surface area contributed by atoms with Crippen LogP contribution in [0.3, 0.4) is 0 Å². The van der Waals surface area contributed by atoms with E-state index >= 15 is 0 Å². The van der Waals surface area contributed by atoms with E-state index in [0.717, 1.165) is 36.7 Å². The van der Waals surface area contributed by atoms with Crippen LogP contribution in [0, 0.1) is 13.8 Å². The molecule has 3 rings (SSSR count). The van der Waals surface area contributed by atoms with Gasteiger partial charge in [0.15, 0.2) is 5.69 Å². The Hall–Kier alpha value is -2.11. The monoisotopic (exact) mass is 287 g/mol. The molecule has 0 unspecified atom stereocenters. The van der Waals surface area contributed by atoms with E-state index < -0.39 is 0 Å². The molecule has 0 spiro atoms. The number of amides is 1. The molecule has 112 valence electrons. The number of carbonyl (C=O) groups is 1. The van der Waals surface area contributed by atoms with Gasteiger partial charge in [0.05, 0.1) is 0 Å². The number of carbonyl (C=O) groups excluding carboxylic acids is 1. The van der Waals surface area contributed by atoms with Crippen molar-refractivity contribution in [2.45, 2.75) is 39.7 Å². The first-order valence-corrected chi connectivity index (χ1v) is 7.43. The zero-order valence-electron chi connectivity index (χ0n) is 12.8. The van der Waals surface area contributed by atoms with E-state index in [1.165, 1.54) is 0 Å². The Balaban J connectivity index is 1.71. The molecular formula is C15H21N5O. The molecule has 1 N–H and O–H groups in total. The van der Waals surface area contributed by atoms with Gasteiger partial charge < -0.3 is 9.88 Å². The fourth-order valence-corrected chi connectivity index (χ4v) is 2.91. The van der Waals surface area contributed by atoms with Crippen LogP contribution < -0.4 is 0 Å². The minimum Gasteiger partial charge on any atom is -0.346 e. The van der Waals surface area contributed by atoms with Gasteiger partial charge in [0.1, 0.15) is 5.82 Å². The second-order valence-electron chi connectivity index (χ2n) is 5.67. The number of aryl methyl sites for hydroxylation is 3. The molecule has 1 aliphatic rings. The molecule has 6 nitrogen and oxygen atoms in total. The van der Waals surface area contributed by atoms with Crippen molar-refractivity contribution in [3.63, 3.8) is 0 Å². The summed E-state index contributed by atoms with van der Waals surface area (Å²) in [5.74, 6) is 1.31. The number of nitrogens with zero attached hydrogens (tertiary/aromatic N) is 4. The normalized spacial score (nSPS) is 18.4. The third-order valence-corrected chi connectivity index (χ3v) is 4.08.